The number of fused-ring (bicyclic) bond motifs is 1. The van der Waals surface area contributed by atoms with Crippen molar-refractivity contribution in [3.05, 3.63) is 41.5 Å². The van der Waals surface area contributed by atoms with E-state index in [0.29, 0.717) is 39.7 Å². The van der Waals surface area contributed by atoms with E-state index >= 15 is 0 Å². The molecule has 9 nitrogen and oxygen atoms in total. The molecule has 3 heterocycles. The second-order valence-corrected chi connectivity index (χ2v) is 9.88. The number of amidine groups is 1. The molecule has 5 rings (SSSR count). The summed E-state index contributed by atoms with van der Waals surface area (Å²) < 4.78 is 26.5. The molecule has 0 atom stereocenters. The fraction of sp³-hybridized carbons (Fsp3) is 0.263. The zero-order chi connectivity index (χ0) is 20.9. The number of nitrogens with one attached hydrogen (secondary N) is 1. The smallest absolute Gasteiger partial charge is 0.239 e. The molecule has 3 aromatic rings. The van der Waals surface area contributed by atoms with Crippen LogP contribution >= 0.6 is 11.3 Å². The van der Waals surface area contributed by atoms with Crippen molar-refractivity contribution in [2.45, 2.75) is 11.3 Å². The molecule has 30 heavy (non-hydrogen) atoms. The average molecular weight is 442 g/mol. The Morgan fingerprint density at radius 3 is 2.67 bits per heavy atom. The quantitative estimate of drug-likeness (QED) is 0.554. The zero-order valence-electron chi connectivity index (χ0n) is 15.9. The number of hydrogen-bond acceptors (Lipinski definition) is 9. The maximum Gasteiger partial charge on any atom is 0.239 e. The van der Waals surface area contributed by atoms with Crippen LogP contribution in [0.25, 0.3) is 21.3 Å². The number of nitrogen functional groups attached to an aromatic ring is 1. The second-order valence-electron chi connectivity index (χ2n) is 7.32. The molecule has 0 saturated carbocycles. The molecular weight excluding hydrogens is 422 g/mol. The molecule has 0 unspecified atom stereocenters. The molecular formula is C19H19N7O2S2. The summed E-state index contributed by atoms with van der Waals surface area (Å²) in [6.07, 6.45) is 0.602. The Bertz CT molecular complexity index is 1320. The second kappa shape index (κ2) is 7.20. The van der Waals surface area contributed by atoms with Gasteiger partial charge in [-0.1, -0.05) is 35.6 Å². The number of nitrogens with two attached hydrogens (primary N) is 2. The third-order valence-corrected chi connectivity index (χ3v) is 7.18. The largest absolute Gasteiger partial charge is 0.375 e. The van der Waals surface area contributed by atoms with Gasteiger partial charge in [0, 0.05) is 11.1 Å². The predicted octanol–water partition coefficient (Wildman–Crippen LogP) is 2.12. The minimum Gasteiger partial charge on any atom is -0.375 e. The van der Waals surface area contributed by atoms with E-state index in [4.69, 9.17) is 10.9 Å². The van der Waals surface area contributed by atoms with Gasteiger partial charge in [-0.2, -0.15) is 5.11 Å². The van der Waals surface area contributed by atoms with Crippen LogP contribution in [0.2, 0.25) is 0 Å². The minimum absolute atomic E-state index is 0.0618. The lowest BCUT2D eigenvalue weighted by atomic mass is 9.90. The first-order valence-corrected chi connectivity index (χ1v) is 11.7. The molecule has 5 N–H and O–H groups in total. The Hall–Kier alpha value is -2.73. The van der Waals surface area contributed by atoms with Gasteiger partial charge in [-0.3, -0.25) is 0 Å². The molecule has 1 aromatic heterocycles. The van der Waals surface area contributed by atoms with Crippen molar-refractivity contribution in [3.8, 4) is 11.1 Å². The molecule has 11 heteroatoms. The van der Waals surface area contributed by atoms with Crippen LogP contribution in [0.5, 0.6) is 0 Å². The normalized spacial score (nSPS) is 16.8. The summed E-state index contributed by atoms with van der Waals surface area (Å²) in [5.74, 6) is 0.626. The van der Waals surface area contributed by atoms with Gasteiger partial charge in [0.25, 0.3) is 0 Å². The first kappa shape index (κ1) is 19.2. The number of hydrogen-bond donors (Lipinski definition) is 3. The number of nitrogens with zero attached hydrogens (tertiary/aromatic N) is 4. The van der Waals surface area contributed by atoms with E-state index in [9.17, 15) is 8.42 Å². The summed E-state index contributed by atoms with van der Waals surface area (Å²) in [4.78, 5) is 8.83. The lowest BCUT2D eigenvalue weighted by Crippen LogP contribution is -2.43. The monoisotopic (exact) mass is 441 g/mol. The van der Waals surface area contributed by atoms with Crippen LogP contribution in [0.15, 0.2) is 50.4 Å². The number of para-hydroxylation sites is 1. The number of aromatic nitrogens is 1. The van der Waals surface area contributed by atoms with Crippen molar-refractivity contribution in [3.63, 3.8) is 0 Å². The first-order chi connectivity index (χ1) is 14.4. The summed E-state index contributed by atoms with van der Waals surface area (Å²) in [5.41, 5.74) is 9.07. The van der Waals surface area contributed by atoms with Crippen LogP contribution in [0.4, 0.5) is 5.13 Å². The predicted molar refractivity (Wildman–Crippen MR) is 117 cm³/mol. The van der Waals surface area contributed by atoms with Gasteiger partial charge in [0.1, 0.15) is 0 Å². The molecule has 1 fully saturated rings. The van der Waals surface area contributed by atoms with Crippen molar-refractivity contribution in [1.82, 2.24) is 10.3 Å². The highest BCUT2D eigenvalue weighted by Gasteiger charge is 2.30. The van der Waals surface area contributed by atoms with E-state index in [0.717, 1.165) is 23.4 Å². The van der Waals surface area contributed by atoms with Gasteiger partial charge in [-0.25, -0.2) is 23.5 Å². The summed E-state index contributed by atoms with van der Waals surface area (Å²) in [6.45, 7) is 1.85. The molecule has 1 saturated heterocycles. The van der Waals surface area contributed by atoms with Crippen molar-refractivity contribution in [1.29, 1.82) is 0 Å². The Morgan fingerprint density at radius 1 is 1.17 bits per heavy atom. The van der Waals surface area contributed by atoms with Gasteiger partial charge in [0.15, 0.2) is 17.6 Å². The Balaban J connectivity index is 1.82. The Labute approximate surface area is 177 Å². The third-order valence-electron chi connectivity index (χ3n) is 5.30. The fourth-order valence-electron chi connectivity index (χ4n) is 3.90. The van der Waals surface area contributed by atoms with Gasteiger partial charge in [0.2, 0.25) is 10.0 Å². The average Bonchev–Trinajstić information content (AvgIpc) is 3.31. The molecule has 2 aliphatic rings. The number of anilines is 1. The van der Waals surface area contributed by atoms with Gasteiger partial charge >= 0.3 is 0 Å². The van der Waals surface area contributed by atoms with E-state index in [-0.39, 0.29) is 17.4 Å². The van der Waals surface area contributed by atoms with Gasteiger partial charge in [-0.15, -0.1) is 5.11 Å². The maximum atomic E-state index is 12.8. The van der Waals surface area contributed by atoms with Crippen molar-refractivity contribution >= 4 is 42.5 Å². The Morgan fingerprint density at radius 2 is 2.00 bits per heavy atom. The summed E-state index contributed by atoms with van der Waals surface area (Å²) in [7, 11) is -4.06. The topological polar surface area (TPSA) is 148 Å². The van der Waals surface area contributed by atoms with E-state index in [1.54, 1.807) is 0 Å². The third kappa shape index (κ3) is 3.29. The van der Waals surface area contributed by atoms with Gasteiger partial charge in [0.05, 0.1) is 15.1 Å². The number of primary sulfonamides is 1. The van der Waals surface area contributed by atoms with Crippen molar-refractivity contribution < 1.29 is 8.42 Å². The highest BCUT2D eigenvalue weighted by Crippen LogP contribution is 2.38. The highest BCUT2D eigenvalue weighted by atomic mass is 32.2. The van der Waals surface area contributed by atoms with Gasteiger partial charge in [-0.05, 0) is 42.6 Å². The van der Waals surface area contributed by atoms with Crippen LogP contribution in [0, 0.1) is 5.92 Å². The number of rotatable bonds is 5. The number of aliphatic imine (C=N–C) groups is 1. The lowest BCUT2D eigenvalue weighted by Gasteiger charge is -2.28. The van der Waals surface area contributed by atoms with Crippen LogP contribution < -0.4 is 16.2 Å². The molecule has 0 aliphatic carbocycles. The molecule has 2 aliphatic heterocycles. The zero-order valence-corrected chi connectivity index (χ0v) is 17.5. The fourth-order valence-corrected chi connectivity index (χ4v) is 5.67. The standard InChI is InChI=1S/C19H19N7O2S2/c20-19-25-16-13(2-1-3-14(16)29-19)12-5-4-11(6-10-7-22-8-10)17(30(21,27)28)15(12)18-23-9-24-26-18/h1-5,10,22H,6-9H2,(H2,20,25)(H2,21,27,28). The van der Waals surface area contributed by atoms with Crippen LogP contribution in [0.3, 0.4) is 0 Å². The van der Waals surface area contributed by atoms with E-state index in [1.807, 2.05) is 30.3 Å². The highest BCUT2D eigenvalue weighted by molar-refractivity contribution is 7.89. The minimum atomic E-state index is -4.06. The molecule has 0 bridgehead atoms. The lowest BCUT2D eigenvalue weighted by molar-refractivity contribution is 0.345. The first-order valence-electron chi connectivity index (χ1n) is 9.39. The number of benzene rings is 2. The SMILES string of the molecule is Nc1nc2c(-c3ccc(CC4CNC4)c(S(N)(=O)=O)c3C3=NCN=N3)cccc2s1. The van der Waals surface area contributed by atoms with Crippen LogP contribution in [0.1, 0.15) is 11.1 Å². The molecule has 154 valence electrons. The van der Waals surface area contributed by atoms with Crippen LogP contribution in [-0.4, -0.2) is 39.0 Å². The van der Waals surface area contributed by atoms with Crippen molar-refractivity contribution in [2.24, 2.45) is 26.3 Å². The maximum absolute atomic E-state index is 12.8. The van der Waals surface area contributed by atoms with Gasteiger partial charge < -0.3 is 11.1 Å². The van der Waals surface area contributed by atoms with E-state index in [2.05, 4.69) is 25.5 Å². The van der Waals surface area contributed by atoms with E-state index in [1.165, 1.54) is 11.3 Å². The number of sulfonamides is 1. The molecule has 0 spiro atoms. The molecule has 0 amide bonds. The number of azo groups is 1. The molecule has 0 radical (unpaired) electrons. The summed E-state index contributed by atoms with van der Waals surface area (Å²) in [6, 6.07) is 9.43. The Kier molecular flexibility index (Phi) is 4.62. The molecule has 2 aromatic carbocycles. The summed E-state index contributed by atoms with van der Waals surface area (Å²) >= 11 is 1.38. The van der Waals surface area contributed by atoms with E-state index < -0.39 is 10.0 Å². The summed E-state index contributed by atoms with van der Waals surface area (Å²) in [5, 5.41) is 17.4. The van der Waals surface area contributed by atoms with Crippen molar-refractivity contribution in [2.75, 3.05) is 25.5 Å². The van der Waals surface area contributed by atoms with Crippen LogP contribution in [-0.2, 0) is 16.4 Å². The number of thiazole rings is 1.